The predicted molar refractivity (Wildman–Crippen MR) is 77.8 cm³/mol. The number of carbonyl (C=O) groups is 1. The van der Waals surface area contributed by atoms with Crippen molar-refractivity contribution in [3.05, 3.63) is 47.4 Å². The summed E-state index contributed by atoms with van der Waals surface area (Å²) < 4.78 is 18.3. The van der Waals surface area contributed by atoms with Gasteiger partial charge in [0.05, 0.1) is 6.54 Å². The van der Waals surface area contributed by atoms with E-state index in [2.05, 4.69) is 15.1 Å². The van der Waals surface area contributed by atoms with Crippen molar-refractivity contribution in [2.24, 2.45) is 5.92 Å². The molecule has 1 atom stereocenters. The fourth-order valence-corrected chi connectivity index (χ4v) is 2.86. The third-order valence-corrected chi connectivity index (χ3v) is 3.93. The van der Waals surface area contributed by atoms with E-state index in [0.717, 1.165) is 19.4 Å². The van der Waals surface area contributed by atoms with Gasteiger partial charge in [-0.2, -0.15) is 0 Å². The summed E-state index contributed by atoms with van der Waals surface area (Å²) in [5.74, 6) is 0.807. The van der Waals surface area contributed by atoms with Gasteiger partial charge in [0.25, 0.3) is 0 Å². The SMILES string of the molecule is Cc1nnc(CN2CCCC(C(=O)c3ccc(F)cc3)C2)o1. The molecule has 0 amide bonds. The number of Topliss-reactive ketones (excluding diaryl/α,β-unsaturated/α-hetero) is 1. The van der Waals surface area contributed by atoms with Crippen molar-refractivity contribution in [1.82, 2.24) is 15.1 Å². The van der Waals surface area contributed by atoms with Gasteiger partial charge in [0.15, 0.2) is 5.78 Å². The number of likely N-dealkylation sites (tertiary alicyclic amines) is 1. The number of benzene rings is 1. The summed E-state index contributed by atoms with van der Waals surface area (Å²) in [7, 11) is 0. The molecular weight excluding hydrogens is 285 g/mol. The summed E-state index contributed by atoms with van der Waals surface area (Å²) in [5, 5.41) is 7.81. The highest BCUT2D eigenvalue weighted by molar-refractivity contribution is 5.98. The van der Waals surface area contributed by atoms with Crippen LogP contribution in [0.5, 0.6) is 0 Å². The lowest BCUT2D eigenvalue weighted by molar-refractivity contribution is 0.0799. The summed E-state index contributed by atoms with van der Waals surface area (Å²) in [6, 6.07) is 5.76. The second-order valence-corrected chi connectivity index (χ2v) is 5.66. The molecule has 0 radical (unpaired) electrons. The van der Waals surface area contributed by atoms with E-state index in [-0.39, 0.29) is 17.5 Å². The van der Waals surface area contributed by atoms with E-state index in [4.69, 9.17) is 4.42 Å². The van der Waals surface area contributed by atoms with Crippen LogP contribution >= 0.6 is 0 Å². The van der Waals surface area contributed by atoms with Crippen molar-refractivity contribution in [3.63, 3.8) is 0 Å². The first-order valence-electron chi connectivity index (χ1n) is 7.43. The Morgan fingerprint density at radius 3 is 2.82 bits per heavy atom. The predicted octanol–water partition coefficient (Wildman–Crippen LogP) is 2.61. The van der Waals surface area contributed by atoms with E-state index >= 15 is 0 Å². The Morgan fingerprint density at radius 2 is 2.14 bits per heavy atom. The van der Waals surface area contributed by atoms with Crippen LogP contribution in [0, 0.1) is 18.7 Å². The molecule has 1 aliphatic heterocycles. The minimum Gasteiger partial charge on any atom is -0.424 e. The average Bonchev–Trinajstić information content (AvgIpc) is 2.93. The van der Waals surface area contributed by atoms with E-state index < -0.39 is 0 Å². The molecule has 0 bridgehead atoms. The maximum Gasteiger partial charge on any atom is 0.230 e. The molecule has 0 saturated carbocycles. The molecule has 0 spiro atoms. The van der Waals surface area contributed by atoms with Crippen LogP contribution in [0.15, 0.2) is 28.7 Å². The van der Waals surface area contributed by atoms with E-state index in [1.54, 1.807) is 19.1 Å². The number of halogens is 1. The maximum atomic E-state index is 13.0. The molecule has 1 saturated heterocycles. The van der Waals surface area contributed by atoms with Gasteiger partial charge in [0.1, 0.15) is 5.82 Å². The Balaban J connectivity index is 1.64. The lowest BCUT2D eigenvalue weighted by Crippen LogP contribution is -2.38. The van der Waals surface area contributed by atoms with E-state index in [1.165, 1.54) is 12.1 Å². The number of hydrogen-bond donors (Lipinski definition) is 0. The topological polar surface area (TPSA) is 59.2 Å². The number of nitrogens with zero attached hydrogens (tertiary/aromatic N) is 3. The van der Waals surface area contributed by atoms with Gasteiger partial charge in [0.2, 0.25) is 11.8 Å². The molecule has 2 aromatic rings. The largest absolute Gasteiger partial charge is 0.424 e. The van der Waals surface area contributed by atoms with Crippen LogP contribution in [0.2, 0.25) is 0 Å². The molecule has 1 unspecified atom stereocenters. The van der Waals surface area contributed by atoms with E-state index in [0.29, 0.717) is 30.4 Å². The second kappa shape index (κ2) is 6.36. The van der Waals surface area contributed by atoms with Crippen LogP contribution in [0.4, 0.5) is 4.39 Å². The van der Waals surface area contributed by atoms with Crippen LogP contribution in [0.25, 0.3) is 0 Å². The minimum atomic E-state index is -0.325. The van der Waals surface area contributed by atoms with Crippen molar-refractivity contribution in [3.8, 4) is 0 Å². The standard InChI is InChI=1S/C16H18FN3O2/c1-11-18-19-15(22-11)10-20-8-2-3-13(9-20)16(21)12-4-6-14(17)7-5-12/h4-7,13H,2-3,8-10H2,1H3. The average molecular weight is 303 g/mol. The van der Waals surface area contributed by atoms with Gasteiger partial charge in [-0.05, 0) is 43.7 Å². The molecule has 1 aromatic carbocycles. The zero-order chi connectivity index (χ0) is 15.5. The van der Waals surface area contributed by atoms with Gasteiger partial charge in [-0.25, -0.2) is 4.39 Å². The van der Waals surface area contributed by atoms with Crippen LogP contribution < -0.4 is 0 Å². The Hall–Kier alpha value is -2.08. The first kappa shape index (κ1) is 14.8. The van der Waals surface area contributed by atoms with Gasteiger partial charge in [-0.1, -0.05) is 0 Å². The van der Waals surface area contributed by atoms with Gasteiger partial charge >= 0.3 is 0 Å². The van der Waals surface area contributed by atoms with Crippen molar-refractivity contribution in [2.45, 2.75) is 26.3 Å². The minimum absolute atomic E-state index is 0.0665. The molecule has 116 valence electrons. The first-order valence-corrected chi connectivity index (χ1v) is 7.43. The lowest BCUT2D eigenvalue weighted by atomic mass is 9.90. The third-order valence-electron chi connectivity index (χ3n) is 3.93. The molecule has 1 aliphatic rings. The Labute approximate surface area is 128 Å². The van der Waals surface area contributed by atoms with Crippen LogP contribution in [0.3, 0.4) is 0 Å². The number of rotatable bonds is 4. The number of aromatic nitrogens is 2. The second-order valence-electron chi connectivity index (χ2n) is 5.66. The molecule has 0 aliphatic carbocycles. The zero-order valence-electron chi connectivity index (χ0n) is 12.5. The summed E-state index contributed by atoms with van der Waals surface area (Å²) in [6.07, 6.45) is 1.81. The first-order chi connectivity index (χ1) is 10.6. The Kier molecular flexibility index (Phi) is 4.29. The molecule has 1 fully saturated rings. The van der Waals surface area contributed by atoms with E-state index in [9.17, 15) is 9.18 Å². The van der Waals surface area contributed by atoms with Gasteiger partial charge < -0.3 is 4.42 Å². The van der Waals surface area contributed by atoms with Crippen LogP contribution in [-0.4, -0.2) is 34.0 Å². The molecule has 1 aromatic heterocycles. The van der Waals surface area contributed by atoms with Gasteiger partial charge in [-0.3, -0.25) is 9.69 Å². The quantitative estimate of drug-likeness (QED) is 0.813. The maximum absolute atomic E-state index is 13.0. The molecule has 3 rings (SSSR count). The number of aryl methyl sites for hydroxylation is 1. The lowest BCUT2D eigenvalue weighted by Gasteiger charge is -2.30. The third kappa shape index (κ3) is 3.39. The monoisotopic (exact) mass is 303 g/mol. The molecule has 22 heavy (non-hydrogen) atoms. The van der Waals surface area contributed by atoms with Gasteiger partial charge in [0, 0.05) is 24.9 Å². The molecule has 2 heterocycles. The van der Waals surface area contributed by atoms with Crippen LogP contribution in [-0.2, 0) is 6.54 Å². The summed E-state index contributed by atoms with van der Waals surface area (Å²) in [6.45, 7) is 3.90. The summed E-state index contributed by atoms with van der Waals surface area (Å²) in [5.41, 5.74) is 0.571. The highest BCUT2D eigenvalue weighted by Crippen LogP contribution is 2.22. The normalized spacial score (nSPS) is 19.3. The van der Waals surface area contributed by atoms with Gasteiger partial charge in [-0.15, -0.1) is 10.2 Å². The van der Waals surface area contributed by atoms with Crippen LogP contribution in [0.1, 0.15) is 35.0 Å². The molecule has 0 N–H and O–H groups in total. The molecule has 5 nitrogen and oxygen atoms in total. The fourth-order valence-electron chi connectivity index (χ4n) is 2.86. The Bertz CT molecular complexity index is 654. The zero-order valence-corrected chi connectivity index (χ0v) is 12.5. The number of carbonyl (C=O) groups excluding carboxylic acids is 1. The highest BCUT2D eigenvalue weighted by atomic mass is 19.1. The van der Waals surface area contributed by atoms with Crippen molar-refractivity contribution in [1.29, 1.82) is 0 Å². The fraction of sp³-hybridized carbons (Fsp3) is 0.438. The Morgan fingerprint density at radius 1 is 1.36 bits per heavy atom. The van der Waals surface area contributed by atoms with Crippen molar-refractivity contribution in [2.75, 3.05) is 13.1 Å². The van der Waals surface area contributed by atoms with E-state index in [1.807, 2.05) is 0 Å². The molecule has 6 heteroatoms. The summed E-state index contributed by atoms with van der Waals surface area (Å²) in [4.78, 5) is 14.7. The number of piperidine rings is 1. The van der Waals surface area contributed by atoms with Crippen molar-refractivity contribution < 1.29 is 13.6 Å². The highest BCUT2D eigenvalue weighted by Gasteiger charge is 2.27. The van der Waals surface area contributed by atoms with Crippen molar-refractivity contribution >= 4 is 5.78 Å². The smallest absolute Gasteiger partial charge is 0.230 e. The number of ketones is 1. The summed E-state index contributed by atoms with van der Waals surface area (Å²) >= 11 is 0. The number of hydrogen-bond acceptors (Lipinski definition) is 5. The molecular formula is C16H18FN3O2.